The largest absolute Gasteiger partial charge is 0.379 e. The van der Waals surface area contributed by atoms with E-state index in [0.29, 0.717) is 38.3 Å². The molecule has 1 unspecified atom stereocenters. The van der Waals surface area contributed by atoms with Gasteiger partial charge in [0.05, 0.1) is 29.8 Å². The molecule has 0 N–H and O–H groups in total. The highest BCUT2D eigenvalue weighted by Crippen LogP contribution is 2.35. The molecule has 1 aromatic carbocycles. The van der Waals surface area contributed by atoms with Gasteiger partial charge in [-0.05, 0) is 17.5 Å². The van der Waals surface area contributed by atoms with E-state index in [0.717, 1.165) is 23.7 Å². The second-order valence-electron chi connectivity index (χ2n) is 8.87. The highest BCUT2D eigenvalue weighted by Gasteiger charge is 2.36. The van der Waals surface area contributed by atoms with E-state index in [9.17, 15) is 14.0 Å². The van der Waals surface area contributed by atoms with Gasteiger partial charge in [0.15, 0.2) is 0 Å². The number of ether oxygens (including phenoxy) is 1. The summed E-state index contributed by atoms with van der Waals surface area (Å²) in [4.78, 5) is 31.3. The van der Waals surface area contributed by atoms with Crippen LogP contribution in [0.15, 0.2) is 46.9 Å². The first-order chi connectivity index (χ1) is 16.4. The fraction of sp³-hybridized carbons (Fsp3) is 0.480. The molecule has 1 aromatic heterocycles. The number of rotatable bonds is 8. The fourth-order valence-corrected chi connectivity index (χ4v) is 5.00. The van der Waals surface area contributed by atoms with Crippen molar-refractivity contribution < 1.29 is 18.7 Å². The second kappa shape index (κ2) is 11.2. The van der Waals surface area contributed by atoms with E-state index in [4.69, 9.17) is 4.74 Å². The maximum Gasteiger partial charge on any atom is 0.262 e. The molecule has 4 rings (SSSR count). The van der Waals surface area contributed by atoms with Gasteiger partial charge in [-0.25, -0.2) is 9.40 Å². The van der Waals surface area contributed by atoms with Crippen LogP contribution in [-0.2, 0) is 14.3 Å². The summed E-state index contributed by atoms with van der Waals surface area (Å²) in [5.74, 6) is -0.986. The average molecular weight is 487 g/mol. The molecule has 182 valence electrons. The van der Waals surface area contributed by atoms with Crippen molar-refractivity contribution in [3.8, 4) is 0 Å². The Balaban J connectivity index is 1.54. The Bertz CT molecular complexity index is 1020. The highest BCUT2D eigenvalue weighted by atomic mass is 32.1. The molecular formula is C25H31FN4O3S. The monoisotopic (exact) mass is 486 g/mol. The Morgan fingerprint density at radius 2 is 1.97 bits per heavy atom. The minimum atomic E-state index is -0.541. The van der Waals surface area contributed by atoms with Gasteiger partial charge in [-0.2, -0.15) is 5.10 Å². The van der Waals surface area contributed by atoms with E-state index in [1.165, 1.54) is 22.4 Å². The summed E-state index contributed by atoms with van der Waals surface area (Å²) in [6.45, 7) is 7.68. The molecule has 2 aliphatic rings. The molecule has 0 bridgehead atoms. The van der Waals surface area contributed by atoms with Gasteiger partial charge in [0.1, 0.15) is 12.4 Å². The van der Waals surface area contributed by atoms with Gasteiger partial charge in [-0.3, -0.25) is 14.5 Å². The van der Waals surface area contributed by atoms with Crippen LogP contribution < -0.4 is 0 Å². The Hall–Kier alpha value is -2.62. The lowest BCUT2D eigenvalue weighted by Crippen LogP contribution is -2.47. The minimum Gasteiger partial charge on any atom is -0.379 e. The summed E-state index contributed by atoms with van der Waals surface area (Å²) in [5.41, 5.74) is 1.19. The molecule has 34 heavy (non-hydrogen) atoms. The molecule has 2 aromatic rings. The number of hydrogen-bond acceptors (Lipinski definition) is 6. The van der Waals surface area contributed by atoms with E-state index in [2.05, 4.69) is 10.0 Å². The number of carbonyl (C=O) groups is 2. The average Bonchev–Trinajstić information content (AvgIpc) is 3.52. The van der Waals surface area contributed by atoms with E-state index < -0.39 is 6.04 Å². The van der Waals surface area contributed by atoms with Crippen LogP contribution in [0.2, 0.25) is 0 Å². The van der Waals surface area contributed by atoms with Crippen LogP contribution in [0.3, 0.4) is 0 Å². The van der Waals surface area contributed by atoms with Crippen molar-refractivity contribution in [2.24, 2.45) is 11.0 Å². The van der Waals surface area contributed by atoms with Crippen molar-refractivity contribution >= 4 is 28.9 Å². The van der Waals surface area contributed by atoms with E-state index in [1.807, 2.05) is 31.4 Å². The molecule has 1 fully saturated rings. The van der Waals surface area contributed by atoms with Crippen LogP contribution >= 0.6 is 11.3 Å². The van der Waals surface area contributed by atoms with Gasteiger partial charge in [-0.15, -0.1) is 11.3 Å². The molecule has 1 atom stereocenters. The normalized spacial score (nSPS) is 18.9. The molecule has 7 nitrogen and oxygen atoms in total. The van der Waals surface area contributed by atoms with Crippen LogP contribution in [0.1, 0.15) is 36.8 Å². The third kappa shape index (κ3) is 5.71. The molecule has 1 saturated heterocycles. The van der Waals surface area contributed by atoms with Crippen molar-refractivity contribution in [3.63, 3.8) is 0 Å². The van der Waals surface area contributed by atoms with Crippen LogP contribution in [0.25, 0.3) is 0 Å². The molecule has 0 saturated carbocycles. The maximum atomic E-state index is 14.7. The Labute approximate surface area is 203 Å². The van der Waals surface area contributed by atoms with Gasteiger partial charge >= 0.3 is 0 Å². The van der Waals surface area contributed by atoms with Gasteiger partial charge in [0, 0.05) is 44.1 Å². The SMILES string of the molecule is CC(C)C(=O)N(CCN1CCOCC1)CC(=O)N1N=C(c2cccs2)CC1c1ccccc1F. The van der Waals surface area contributed by atoms with E-state index >= 15 is 0 Å². The number of nitrogens with zero attached hydrogens (tertiary/aromatic N) is 4. The zero-order valence-electron chi connectivity index (χ0n) is 19.7. The lowest BCUT2D eigenvalue weighted by Gasteiger charge is -2.31. The van der Waals surface area contributed by atoms with Crippen molar-refractivity contribution in [1.29, 1.82) is 0 Å². The number of halogens is 1. The third-order valence-corrected chi connectivity index (χ3v) is 7.08. The predicted octanol–water partition coefficient (Wildman–Crippen LogP) is 3.38. The van der Waals surface area contributed by atoms with E-state index in [-0.39, 0.29) is 30.1 Å². The molecular weight excluding hydrogens is 455 g/mol. The lowest BCUT2D eigenvalue weighted by atomic mass is 10.0. The van der Waals surface area contributed by atoms with Crippen molar-refractivity contribution in [2.45, 2.75) is 26.3 Å². The molecule has 2 amide bonds. The first-order valence-electron chi connectivity index (χ1n) is 11.7. The Kier molecular flexibility index (Phi) is 8.07. The first kappa shape index (κ1) is 24.5. The Morgan fingerprint density at radius 1 is 1.21 bits per heavy atom. The minimum absolute atomic E-state index is 0.0780. The zero-order chi connectivity index (χ0) is 24.1. The number of morpholine rings is 1. The Morgan fingerprint density at radius 3 is 2.65 bits per heavy atom. The maximum absolute atomic E-state index is 14.7. The van der Waals surface area contributed by atoms with Crippen LogP contribution in [-0.4, -0.2) is 78.3 Å². The van der Waals surface area contributed by atoms with Crippen molar-refractivity contribution in [1.82, 2.24) is 14.8 Å². The van der Waals surface area contributed by atoms with Crippen LogP contribution in [0.4, 0.5) is 4.39 Å². The summed E-state index contributed by atoms with van der Waals surface area (Å²) in [5, 5.41) is 7.95. The summed E-state index contributed by atoms with van der Waals surface area (Å²) in [7, 11) is 0. The number of carbonyl (C=O) groups excluding carboxylic acids is 2. The topological polar surface area (TPSA) is 65.5 Å². The summed E-state index contributed by atoms with van der Waals surface area (Å²) >= 11 is 1.54. The number of benzene rings is 1. The smallest absolute Gasteiger partial charge is 0.262 e. The van der Waals surface area contributed by atoms with Crippen LogP contribution in [0.5, 0.6) is 0 Å². The van der Waals surface area contributed by atoms with Crippen molar-refractivity contribution in [2.75, 3.05) is 45.9 Å². The number of thiophene rings is 1. The van der Waals surface area contributed by atoms with Gasteiger partial charge in [0.25, 0.3) is 5.91 Å². The third-order valence-electron chi connectivity index (χ3n) is 6.16. The van der Waals surface area contributed by atoms with Crippen molar-refractivity contribution in [3.05, 3.63) is 58.0 Å². The standard InChI is InChI=1S/C25H31FN4O3S/c1-18(2)25(32)29(10-9-28-11-13-33-14-12-28)17-24(31)30-22(19-6-3-4-7-20(19)26)16-21(27-30)23-8-5-15-34-23/h3-8,15,18,22H,9-14,16-17H2,1-2H3. The molecule has 0 spiro atoms. The van der Waals surface area contributed by atoms with Gasteiger partial charge in [-0.1, -0.05) is 38.1 Å². The van der Waals surface area contributed by atoms with Gasteiger partial charge in [0.2, 0.25) is 5.91 Å². The predicted molar refractivity (Wildman–Crippen MR) is 130 cm³/mol. The quantitative estimate of drug-likeness (QED) is 0.574. The molecule has 2 aliphatic heterocycles. The molecule has 9 heteroatoms. The number of hydrogen-bond donors (Lipinski definition) is 0. The highest BCUT2D eigenvalue weighted by molar-refractivity contribution is 7.12. The fourth-order valence-electron chi connectivity index (χ4n) is 4.27. The lowest BCUT2D eigenvalue weighted by molar-refractivity contribution is -0.143. The van der Waals surface area contributed by atoms with Crippen LogP contribution in [0, 0.1) is 11.7 Å². The number of hydrazone groups is 1. The number of amides is 2. The van der Waals surface area contributed by atoms with Gasteiger partial charge < -0.3 is 9.64 Å². The summed E-state index contributed by atoms with van der Waals surface area (Å²) in [6.07, 6.45) is 0.430. The molecule has 0 radical (unpaired) electrons. The first-order valence-corrected chi connectivity index (χ1v) is 12.6. The second-order valence-corrected chi connectivity index (χ2v) is 9.82. The zero-order valence-corrected chi connectivity index (χ0v) is 20.5. The van der Waals surface area contributed by atoms with E-state index in [1.54, 1.807) is 23.1 Å². The summed E-state index contributed by atoms with van der Waals surface area (Å²) < 4.78 is 20.1. The molecule has 3 heterocycles. The molecule has 0 aliphatic carbocycles. The summed E-state index contributed by atoms with van der Waals surface area (Å²) in [6, 6.07) is 9.84.